The normalized spacial score (nSPS) is 19.5. The summed E-state index contributed by atoms with van der Waals surface area (Å²) in [5.41, 5.74) is -1.57. The number of carbonyl (C=O) groups excluding carboxylic acids is 1. The smallest absolute Gasteiger partial charge is 0.420 e. The van der Waals surface area contributed by atoms with Gasteiger partial charge >= 0.3 is 12.1 Å². The monoisotopic (exact) mass is 292 g/mol. The minimum atomic E-state index is -4.91. The molecule has 1 saturated heterocycles. The van der Waals surface area contributed by atoms with E-state index >= 15 is 0 Å². The molecule has 2 heterocycles. The van der Waals surface area contributed by atoms with E-state index in [1.54, 1.807) is 0 Å². The number of carboxylic acid groups (broad SMARTS) is 1. The topological polar surface area (TPSA) is 70.5 Å². The number of anilines is 1. The lowest BCUT2D eigenvalue weighted by atomic mass is 10.2. The molecule has 0 bridgehead atoms. The van der Waals surface area contributed by atoms with Crippen molar-refractivity contribution < 1.29 is 32.3 Å². The highest BCUT2D eigenvalue weighted by Crippen LogP contribution is 2.33. The van der Waals surface area contributed by atoms with E-state index in [0.717, 1.165) is 6.07 Å². The molecule has 0 aromatic carbocycles. The highest BCUT2D eigenvalue weighted by Gasteiger charge is 2.40. The van der Waals surface area contributed by atoms with Crippen molar-refractivity contribution >= 4 is 17.7 Å². The zero-order chi connectivity index (χ0) is 15.1. The van der Waals surface area contributed by atoms with Crippen LogP contribution < -0.4 is 4.90 Å². The van der Waals surface area contributed by atoms with Crippen molar-refractivity contribution in [2.75, 3.05) is 4.90 Å². The number of alkyl halides is 3. The van der Waals surface area contributed by atoms with Crippen molar-refractivity contribution in [3.05, 3.63) is 23.6 Å². The van der Waals surface area contributed by atoms with Gasteiger partial charge in [-0.05, 0) is 18.6 Å². The third-order valence-electron chi connectivity index (χ3n) is 2.88. The first-order valence-electron chi connectivity index (χ1n) is 5.50. The standard InChI is InChI=1S/C11H8F4N2O3/c12-9-5(11(13,14)15)1-3-7(16-9)17-6(10(19)20)2-4-8(17)18/h1,3,6H,2,4H2,(H,19,20). The number of amides is 1. The fourth-order valence-corrected chi connectivity index (χ4v) is 1.98. The molecule has 1 amide bonds. The Labute approximate surface area is 109 Å². The first-order chi connectivity index (χ1) is 9.21. The van der Waals surface area contributed by atoms with E-state index in [0.29, 0.717) is 11.0 Å². The van der Waals surface area contributed by atoms with Crippen LogP contribution >= 0.6 is 0 Å². The summed E-state index contributed by atoms with van der Waals surface area (Å²) in [7, 11) is 0. The zero-order valence-corrected chi connectivity index (χ0v) is 9.82. The van der Waals surface area contributed by atoms with Crippen LogP contribution in [0.4, 0.5) is 23.4 Å². The predicted molar refractivity (Wildman–Crippen MR) is 57.3 cm³/mol. The lowest BCUT2D eigenvalue weighted by Gasteiger charge is -2.21. The summed E-state index contributed by atoms with van der Waals surface area (Å²) in [5.74, 6) is -4.17. The summed E-state index contributed by atoms with van der Waals surface area (Å²) in [5, 5.41) is 8.92. The molecule has 2 rings (SSSR count). The molecular formula is C11H8F4N2O3. The summed E-state index contributed by atoms with van der Waals surface area (Å²) in [6, 6.07) is -0.0288. The first kappa shape index (κ1) is 14.2. The molecule has 108 valence electrons. The quantitative estimate of drug-likeness (QED) is 0.666. The number of rotatable bonds is 2. The molecule has 1 atom stereocenters. The number of hydrogen-bond donors (Lipinski definition) is 1. The van der Waals surface area contributed by atoms with Gasteiger partial charge in [0.1, 0.15) is 17.4 Å². The Hall–Kier alpha value is -2.19. The number of nitrogens with zero attached hydrogens (tertiary/aromatic N) is 2. The van der Waals surface area contributed by atoms with Gasteiger partial charge in [0.25, 0.3) is 0 Å². The van der Waals surface area contributed by atoms with Crippen molar-refractivity contribution in [3.8, 4) is 0 Å². The van der Waals surface area contributed by atoms with E-state index in [1.807, 2.05) is 0 Å². The van der Waals surface area contributed by atoms with Gasteiger partial charge in [-0.15, -0.1) is 0 Å². The Morgan fingerprint density at radius 3 is 2.55 bits per heavy atom. The van der Waals surface area contributed by atoms with Crippen LogP contribution in [0.25, 0.3) is 0 Å². The van der Waals surface area contributed by atoms with Crippen LogP contribution in [-0.4, -0.2) is 28.0 Å². The number of carboxylic acids is 1. The summed E-state index contributed by atoms with van der Waals surface area (Å²) in [6.07, 6.45) is -4.99. The van der Waals surface area contributed by atoms with Gasteiger partial charge in [-0.2, -0.15) is 17.6 Å². The number of aliphatic carboxylic acids is 1. The van der Waals surface area contributed by atoms with E-state index in [-0.39, 0.29) is 12.8 Å². The number of hydrogen-bond acceptors (Lipinski definition) is 3. The minimum absolute atomic E-state index is 0.00150. The molecular weight excluding hydrogens is 284 g/mol. The predicted octanol–water partition coefficient (Wildman–Crippen LogP) is 1.82. The highest BCUT2D eigenvalue weighted by molar-refractivity contribution is 6.01. The average Bonchev–Trinajstić information content (AvgIpc) is 2.69. The van der Waals surface area contributed by atoms with Crippen molar-refractivity contribution in [2.45, 2.75) is 25.1 Å². The maximum Gasteiger partial charge on any atom is 0.420 e. The van der Waals surface area contributed by atoms with E-state index in [2.05, 4.69) is 4.98 Å². The molecule has 0 spiro atoms. The highest BCUT2D eigenvalue weighted by atomic mass is 19.4. The van der Waals surface area contributed by atoms with Crippen LogP contribution in [0.2, 0.25) is 0 Å². The second-order valence-electron chi connectivity index (χ2n) is 4.16. The summed E-state index contributed by atoms with van der Waals surface area (Å²) in [4.78, 5) is 26.3. The Bertz CT molecular complexity index is 573. The molecule has 1 unspecified atom stereocenters. The fourth-order valence-electron chi connectivity index (χ4n) is 1.98. The Morgan fingerprint density at radius 2 is 2.05 bits per heavy atom. The molecule has 0 radical (unpaired) electrons. The molecule has 1 aromatic heterocycles. The molecule has 9 heteroatoms. The van der Waals surface area contributed by atoms with Crippen LogP contribution in [0.1, 0.15) is 18.4 Å². The number of pyridine rings is 1. The van der Waals surface area contributed by atoms with Crippen molar-refractivity contribution in [1.82, 2.24) is 4.98 Å². The van der Waals surface area contributed by atoms with Gasteiger partial charge in [0.05, 0.1) is 0 Å². The molecule has 1 aliphatic heterocycles. The van der Waals surface area contributed by atoms with Gasteiger partial charge in [-0.1, -0.05) is 0 Å². The Balaban J connectivity index is 2.41. The SMILES string of the molecule is O=C(O)C1CCC(=O)N1c1ccc(C(F)(F)F)c(F)n1. The molecule has 1 aromatic rings. The maximum absolute atomic E-state index is 13.3. The van der Waals surface area contributed by atoms with Gasteiger partial charge in [0, 0.05) is 6.42 Å². The Kier molecular flexibility index (Phi) is 3.36. The molecule has 5 nitrogen and oxygen atoms in total. The number of aromatic nitrogens is 1. The Morgan fingerprint density at radius 1 is 1.40 bits per heavy atom. The van der Waals surface area contributed by atoms with E-state index in [1.165, 1.54) is 0 Å². The largest absolute Gasteiger partial charge is 0.480 e. The molecule has 0 saturated carbocycles. The van der Waals surface area contributed by atoms with Crippen molar-refractivity contribution in [3.63, 3.8) is 0 Å². The van der Waals surface area contributed by atoms with Crippen LogP contribution in [0.15, 0.2) is 12.1 Å². The van der Waals surface area contributed by atoms with Gasteiger partial charge in [0.15, 0.2) is 0 Å². The maximum atomic E-state index is 13.3. The second-order valence-corrected chi connectivity index (χ2v) is 4.16. The number of halogens is 4. The summed E-state index contributed by atoms with van der Waals surface area (Å²) in [6.45, 7) is 0. The minimum Gasteiger partial charge on any atom is -0.480 e. The average molecular weight is 292 g/mol. The molecule has 0 aliphatic carbocycles. The van der Waals surface area contributed by atoms with Crippen molar-refractivity contribution in [2.24, 2.45) is 0 Å². The summed E-state index contributed by atoms with van der Waals surface area (Å²) >= 11 is 0. The molecule has 1 fully saturated rings. The lowest BCUT2D eigenvalue weighted by Crippen LogP contribution is -2.39. The third-order valence-corrected chi connectivity index (χ3v) is 2.88. The number of carbonyl (C=O) groups is 2. The first-order valence-corrected chi connectivity index (χ1v) is 5.50. The fraction of sp³-hybridized carbons (Fsp3) is 0.364. The lowest BCUT2D eigenvalue weighted by molar-refractivity contribution is -0.141. The van der Waals surface area contributed by atoms with Crippen LogP contribution in [0, 0.1) is 5.95 Å². The zero-order valence-electron chi connectivity index (χ0n) is 9.82. The molecule has 1 aliphatic rings. The van der Waals surface area contributed by atoms with Crippen LogP contribution in [0.5, 0.6) is 0 Å². The van der Waals surface area contributed by atoms with Crippen LogP contribution in [-0.2, 0) is 15.8 Å². The van der Waals surface area contributed by atoms with E-state index < -0.39 is 41.4 Å². The van der Waals surface area contributed by atoms with Gasteiger partial charge in [0.2, 0.25) is 11.9 Å². The van der Waals surface area contributed by atoms with E-state index in [4.69, 9.17) is 5.11 Å². The van der Waals surface area contributed by atoms with Gasteiger partial charge < -0.3 is 5.11 Å². The van der Waals surface area contributed by atoms with Gasteiger partial charge in [-0.25, -0.2) is 9.78 Å². The van der Waals surface area contributed by atoms with Crippen molar-refractivity contribution in [1.29, 1.82) is 0 Å². The van der Waals surface area contributed by atoms with Gasteiger partial charge in [-0.3, -0.25) is 9.69 Å². The third kappa shape index (κ3) is 2.43. The second kappa shape index (κ2) is 4.73. The van der Waals surface area contributed by atoms with E-state index in [9.17, 15) is 27.2 Å². The van der Waals surface area contributed by atoms with Crippen LogP contribution in [0.3, 0.4) is 0 Å². The molecule has 1 N–H and O–H groups in total. The molecule has 20 heavy (non-hydrogen) atoms. The summed E-state index contributed by atoms with van der Waals surface area (Å²) < 4.78 is 50.5.